The Morgan fingerprint density at radius 3 is 2.89 bits per heavy atom. The fourth-order valence-corrected chi connectivity index (χ4v) is 1.61. The lowest BCUT2D eigenvalue weighted by Crippen LogP contribution is -2.17. The van der Waals surface area contributed by atoms with E-state index in [9.17, 15) is 9.18 Å². The van der Waals surface area contributed by atoms with Gasteiger partial charge in [0.15, 0.2) is 11.6 Å². The smallest absolute Gasteiger partial charge is 0.338 e. The summed E-state index contributed by atoms with van der Waals surface area (Å²) in [5, 5.41) is 20.4. The van der Waals surface area contributed by atoms with Crippen LogP contribution in [-0.2, 0) is 0 Å². The van der Waals surface area contributed by atoms with Crippen molar-refractivity contribution >= 4 is 11.8 Å². The van der Waals surface area contributed by atoms with Crippen LogP contribution in [0.4, 0.5) is 10.2 Å². The molecule has 5 nitrogen and oxygen atoms in total. The molecule has 1 unspecified atom stereocenters. The monoisotopic (exact) mass is 256 g/mol. The number of aromatic carboxylic acids is 1. The standard InChI is InChI=1S/C12H17FN2O3/c1-2-8(4-6-16)7-15-11-10(13)9(12(17)18)3-5-14-11/h3,5,8,16H,2,4,6-7H2,1H3,(H,14,15)(H,17,18). The molecule has 0 aromatic carbocycles. The summed E-state index contributed by atoms with van der Waals surface area (Å²) in [4.78, 5) is 14.5. The van der Waals surface area contributed by atoms with Crippen molar-refractivity contribution in [2.24, 2.45) is 5.92 Å². The average molecular weight is 256 g/mol. The molecule has 1 aromatic heterocycles. The minimum atomic E-state index is -1.32. The molecule has 0 saturated heterocycles. The van der Waals surface area contributed by atoms with Crippen LogP contribution in [0.15, 0.2) is 12.3 Å². The quantitative estimate of drug-likeness (QED) is 0.692. The summed E-state index contributed by atoms with van der Waals surface area (Å²) in [5.41, 5.74) is -0.400. The van der Waals surface area contributed by atoms with E-state index in [1.165, 1.54) is 6.20 Å². The maximum absolute atomic E-state index is 13.7. The van der Waals surface area contributed by atoms with Crippen LogP contribution in [0.3, 0.4) is 0 Å². The molecule has 0 amide bonds. The molecule has 0 spiro atoms. The predicted molar refractivity (Wildman–Crippen MR) is 65.1 cm³/mol. The van der Waals surface area contributed by atoms with Gasteiger partial charge in [-0.05, 0) is 18.4 Å². The van der Waals surface area contributed by atoms with Gasteiger partial charge in [0.05, 0.1) is 0 Å². The van der Waals surface area contributed by atoms with E-state index in [0.717, 1.165) is 12.5 Å². The fraction of sp³-hybridized carbons (Fsp3) is 0.500. The van der Waals surface area contributed by atoms with E-state index < -0.39 is 17.3 Å². The van der Waals surface area contributed by atoms with E-state index in [2.05, 4.69) is 10.3 Å². The van der Waals surface area contributed by atoms with Crippen molar-refractivity contribution < 1.29 is 19.4 Å². The number of rotatable bonds is 7. The number of aromatic nitrogens is 1. The Morgan fingerprint density at radius 1 is 1.61 bits per heavy atom. The van der Waals surface area contributed by atoms with Gasteiger partial charge in [0.2, 0.25) is 0 Å². The van der Waals surface area contributed by atoms with Gasteiger partial charge in [0, 0.05) is 19.3 Å². The predicted octanol–water partition coefficient (Wildman–Crippen LogP) is 1.74. The van der Waals surface area contributed by atoms with Gasteiger partial charge in [-0.15, -0.1) is 0 Å². The largest absolute Gasteiger partial charge is 0.478 e. The third kappa shape index (κ3) is 3.66. The second-order valence-corrected chi connectivity index (χ2v) is 3.99. The van der Waals surface area contributed by atoms with E-state index in [1.807, 2.05) is 6.92 Å². The van der Waals surface area contributed by atoms with Crippen LogP contribution in [0.2, 0.25) is 0 Å². The maximum Gasteiger partial charge on any atom is 0.338 e. The van der Waals surface area contributed by atoms with Crippen molar-refractivity contribution in [2.45, 2.75) is 19.8 Å². The lowest BCUT2D eigenvalue weighted by Gasteiger charge is -2.15. The van der Waals surface area contributed by atoms with Crippen LogP contribution < -0.4 is 5.32 Å². The Hall–Kier alpha value is -1.69. The summed E-state index contributed by atoms with van der Waals surface area (Å²) in [6.07, 6.45) is 2.71. The Morgan fingerprint density at radius 2 is 2.33 bits per heavy atom. The van der Waals surface area contributed by atoms with E-state index in [1.54, 1.807) is 0 Å². The molecule has 0 saturated carbocycles. The van der Waals surface area contributed by atoms with Crippen LogP contribution in [-0.4, -0.2) is 34.3 Å². The summed E-state index contributed by atoms with van der Waals surface area (Å²) in [6, 6.07) is 1.12. The lowest BCUT2D eigenvalue weighted by atomic mass is 10.0. The van der Waals surface area contributed by atoms with Crippen LogP contribution >= 0.6 is 0 Å². The topological polar surface area (TPSA) is 82.5 Å². The SMILES string of the molecule is CCC(CCO)CNc1nccc(C(=O)O)c1F. The molecule has 1 heterocycles. The molecule has 1 rings (SSSR count). The van der Waals surface area contributed by atoms with Crippen molar-refractivity contribution in [3.8, 4) is 0 Å². The first-order chi connectivity index (χ1) is 8.60. The van der Waals surface area contributed by atoms with Gasteiger partial charge in [0.25, 0.3) is 0 Å². The van der Waals surface area contributed by atoms with Gasteiger partial charge in [-0.1, -0.05) is 13.3 Å². The highest BCUT2D eigenvalue weighted by Crippen LogP contribution is 2.16. The van der Waals surface area contributed by atoms with Crippen molar-refractivity contribution in [2.75, 3.05) is 18.5 Å². The zero-order valence-corrected chi connectivity index (χ0v) is 10.2. The van der Waals surface area contributed by atoms with Crippen molar-refractivity contribution in [3.63, 3.8) is 0 Å². The average Bonchev–Trinajstić information content (AvgIpc) is 2.35. The first kappa shape index (κ1) is 14.4. The molecule has 18 heavy (non-hydrogen) atoms. The second kappa shape index (κ2) is 6.90. The van der Waals surface area contributed by atoms with Crippen molar-refractivity contribution in [1.29, 1.82) is 0 Å². The molecule has 100 valence electrons. The van der Waals surface area contributed by atoms with E-state index in [4.69, 9.17) is 10.2 Å². The number of nitrogens with zero attached hydrogens (tertiary/aromatic N) is 1. The van der Waals surface area contributed by atoms with Gasteiger partial charge in [-0.25, -0.2) is 14.2 Å². The number of hydrogen-bond acceptors (Lipinski definition) is 4. The highest BCUT2D eigenvalue weighted by Gasteiger charge is 2.15. The van der Waals surface area contributed by atoms with Gasteiger partial charge in [0.1, 0.15) is 5.56 Å². The Balaban J connectivity index is 2.73. The molecule has 0 fully saturated rings. The molecule has 1 atom stereocenters. The fourth-order valence-electron chi connectivity index (χ4n) is 1.61. The lowest BCUT2D eigenvalue weighted by molar-refractivity contribution is 0.0692. The maximum atomic E-state index is 13.7. The highest BCUT2D eigenvalue weighted by molar-refractivity contribution is 5.88. The summed E-state index contributed by atoms with van der Waals surface area (Å²) in [6.45, 7) is 2.49. The third-order valence-electron chi connectivity index (χ3n) is 2.79. The number of nitrogens with one attached hydrogen (secondary N) is 1. The second-order valence-electron chi connectivity index (χ2n) is 3.99. The van der Waals surface area contributed by atoms with Crippen molar-refractivity contribution in [3.05, 3.63) is 23.6 Å². The number of carbonyl (C=O) groups is 1. The zero-order valence-electron chi connectivity index (χ0n) is 10.2. The summed E-state index contributed by atoms with van der Waals surface area (Å²) < 4.78 is 13.7. The number of carboxylic acid groups (broad SMARTS) is 1. The van der Waals surface area contributed by atoms with Gasteiger partial charge < -0.3 is 15.5 Å². The van der Waals surface area contributed by atoms with E-state index in [-0.39, 0.29) is 18.3 Å². The molecule has 1 aromatic rings. The Labute approximate surface area is 105 Å². The summed E-state index contributed by atoms with van der Waals surface area (Å²) >= 11 is 0. The molecular formula is C12H17FN2O3. The molecule has 3 N–H and O–H groups in total. The normalized spacial score (nSPS) is 12.2. The van der Waals surface area contributed by atoms with E-state index >= 15 is 0 Å². The Bertz CT molecular complexity index is 412. The number of aliphatic hydroxyl groups excluding tert-OH is 1. The summed E-state index contributed by atoms with van der Waals surface area (Å²) in [5.74, 6) is -2.04. The Kier molecular flexibility index (Phi) is 5.51. The third-order valence-corrected chi connectivity index (χ3v) is 2.79. The zero-order chi connectivity index (χ0) is 13.5. The number of aliphatic hydroxyl groups is 1. The number of halogens is 1. The molecular weight excluding hydrogens is 239 g/mol. The first-order valence-corrected chi connectivity index (χ1v) is 5.82. The minimum Gasteiger partial charge on any atom is -0.478 e. The number of hydrogen-bond donors (Lipinski definition) is 3. The van der Waals surface area contributed by atoms with Gasteiger partial charge in [-0.2, -0.15) is 0 Å². The minimum absolute atomic E-state index is 0.0636. The molecule has 0 bridgehead atoms. The van der Waals surface area contributed by atoms with Crippen LogP contribution in [0.5, 0.6) is 0 Å². The number of pyridine rings is 1. The summed E-state index contributed by atoms with van der Waals surface area (Å²) in [7, 11) is 0. The van der Waals surface area contributed by atoms with Gasteiger partial charge in [-0.3, -0.25) is 0 Å². The van der Waals surface area contributed by atoms with Crippen LogP contribution in [0, 0.1) is 11.7 Å². The molecule has 6 heteroatoms. The molecule has 0 aliphatic rings. The number of carboxylic acids is 1. The molecule has 0 aliphatic carbocycles. The highest BCUT2D eigenvalue weighted by atomic mass is 19.1. The van der Waals surface area contributed by atoms with Crippen LogP contribution in [0.25, 0.3) is 0 Å². The molecule has 0 aliphatic heterocycles. The number of anilines is 1. The van der Waals surface area contributed by atoms with Gasteiger partial charge >= 0.3 is 5.97 Å². The van der Waals surface area contributed by atoms with Crippen LogP contribution in [0.1, 0.15) is 30.1 Å². The molecule has 0 radical (unpaired) electrons. The van der Waals surface area contributed by atoms with Crippen molar-refractivity contribution in [1.82, 2.24) is 4.98 Å². The van der Waals surface area contributed by atoms with E-state index in [0.29, 0.717) is 13.0 Å². The first-order valence-electron chi connectivity index (χ1n) is 5.82.